The lowest BCUT2D eigenvalue weighted by atomic mass is 9.98. The smallest absolute Gasteiger partial charge is 0.242 e. The van der Waals surface area contributed by atoms with Gasteiger partial charge in [-0.2, -0.15) is 0 Å². The van der Waals surface area contributed by atoms with E-state index in [9.17, 15) is 49.8 Å². The highest BCUT2D eigenvalue weighted by Gasteiger charge is 2.44. The molecule has 20 nitrogen and oxygen atoms in total. The quantitative estimate of drug-likeness (QED) is 0.0327. The van der Waals surface area contributed by atoms with Crippen molar-refractivity contribution < 1.29 is 68.8 Å². The van der Waals surface area contributed by atoms with Crippen LogP contribution >= 0.6 is 0 Å². The molecule has 0 bridgehead atoms. The van der Waals surface area contributed by atoms with Gasteiger partial charge in [0.05, 0.1) is 25.3 Å². The molecule has 14 N–H and O–H groups in total. The van der Waals surface area contributed by atoms with Crippen LogP contribution in [-0.4, -0.2) is 168 Å². The van der Waals surface area contributed by atoms with Gasteiger partial charge in [-0.1, -0.05) is 19.3 Å². The Morgan fingerprint density at radius 3 is 1.53 bits per heavy atom. The van der Waals surface area contributed by atoms with Crippen LogP contribution in [-0.2, 0) is 38.1 Å². The summed E-state index contributed by atoms with van der Waals surface area (Å²) in [7, 11) is 0. The maximum absolute atomic E-state index is 13.1. The second-order valence-electron chi connectivity index (χ2n) is 15.0. The Kier molecular flexibility index (Phi) is 26.3. The number of aliphatic hydroxyl groups is 6. The van der Waals surface area contributed by atoms with Crippen molar-refractivity contribution in [1.29, 1.82) is 0 Å². The molecule has 2 aliphatic heterocycles. The molecule has 4 amide bonds. The number of carbonyl (C=O) groups excluding carboxylic acids is 4. The van der Waals surface area contributed by atoms with Crippen LogP contribution in [0, 0.1) is 0 Å². The lowest BCUT2D eigenvalue weighted by Crippen LogP contribution is -2.62. The molecule has 2 rings (SSSR count). The number of amides is 4. The van der Waals surface area contributed by atoms with E-state index in [0.29, 0.717) is 103 Å². The van der Waals surface area contributed by atoms with Gasteiger partial charge in [-0.15, -0.1) is 0 Å². The molecule has 2 fully saturated rings. The highest BCUT2D eigenvalue weighted by molar-refractivity contribution is 5.87. The first-order valence-electron chi connectivity index (χ1n) is 20.9. The van der Waals surface area contributed by atoms with Crippen LogP contribution in [0.25, 0.3) is 0 Å². The standard InChI is InChI=1S/C38H72N6O14/c1-2-41-27(47)15-6-3-10-19-43-36(54)24(44-29(49)17-8-5-13-21-56-38-31(40)35(53)33(51)26(23-46)58-38)14-9-11-18-42-28(48)16-7-4-12-20-55-37-30(39)34(52)32(50)25(22-45)57-37/h24-26,30-35,37-38,45-46,50-53H,2-23,39-40H2,1H3,(H,41,47)(H,42,48)(H,43,54)(H,44,49)/t24-,25?,26?,30?,31?,32?,33?,34?,35?,37?,38?/m0/s1. The van der Waals surface area contributed by atoms with Crippen LogP contribution in [0.5, 0.6) is 0 Å². The van der Waals surface area contributed by atoms with Crippen LogP contribution in [0.4, 0.5) is 0 Å². The molecule has 0 radical (unpaired) electrons. The van der Waals surface area contributed by atoms with E-state index in [0.717, 1.165) is 6.42 Å². The van der Waals surface area contributed by atoms with Crippen LogP contribution in [0.1, 0.15) is 103 Å². The molecule has 0 saturated carbocycles. The minimum absolute atomic E-state index is 0.000800. The van der Waals surface area contributed by atoms with Crippen molar-refractivity contribution in [2.24, 2.45) is 11.5 Å². The molecule has 0 aromatic carbocycles. The van der Waals surface area contributed by atoms with Crippen LogP contribution < -0.4 is 32.7 Å². The third-order valence-corrected chi connectivity index (χ3v) is 10.2. The first kappa shape index (κ1) is 51.5. The minimum atomic E-state index is -1.32. The maximum atomic E-state index is 13.1. The number of nitrogens with one attached hydrogen (secondary N) is 4. The van der Waals surface area contributed by atoms with Gasteiger partial charge in [-0.05, 0) is 64.7 Å². The third-order valence-electron chi connectivity index (χ3n) is 10.2. The fourth-order valence-corrected chi connectivity index (χ4v) is 6.57. The summed E-state index contributed by atoms with van der Waals surface area (Å²) in [6.45, 7) is 2.76. The van der Waals surface area contributed by atoms with Gasteiger partial charge in [0.1, 0.15) is 42.7 Å². The third kappa shape index (κ3) is 19.2. The molecule has 2 aliphatic rings. The Bertz CT molecular complexity index is 1170. The van der Waals surface area contributed by atoms with Gasteiger partial charge in [0.15, 0.2) is 12.6 Å². The van der Waals surface area contributed by atoms with Crippen molar-refractivity contribution in [3.8, 4) is 0 Å². The second-order valence-corrected chi connectivity index (χ2v) is 15.0. The van der Waals surface area contributed by atoms with E-state index < -0.39 is 80.5 Å². The first-order chi connectivity index (χ1) is 27.8. The molecule has 0 aromatic rings. The summed E-state index contributed by atoms with van der Waals surface area (Å²) >= 11 is 0. The molecule has 10 unspecified atom stereocenters. The van der Waals surface area contributed by atoms with Gasteiger partial charge < -0.3 is 82.3 Å². The van der Waals surface area contributed by atoms with E-state index >= 15 is 0 Å². The molecule has 20 heteroatoms. The molecule has 338 valence electrons. The molecule has 0 aromatic heterocycles. The van der Waals surface area contributed by atoms with Gasteiger partial charge in [-0.25, -0.2) is 0 Å². The zero-order chi connectivity index (χ0) is 42.9. The molecule has 2 heterocycles. The number of nitrogens with two attached hydrogens (primary N) is 2. The van der Waals surface area contributed by atoms with Crippen molar-refractivity contribution in [2.75, 3.05) is 46.1 Å². The van der Waals surface area contributed by atoms with Crippen LogP contribution in [0.2, 0.25) is 0 Å². The summed E-state index contributed by atoms with van der Waals surface area (Å²) in [4.78, 5) is 50.0. The van der Waals surface area contributed by atoms with Crippen molar-refractivity contribution in [3.63, 3.8) is 0 Å². The second kappa shape index (κ2) is 29.6. The molecule has 0 aliphatic carbocycles. The summed E-state index contributed by atoms with van der Waals surface area (Å²) < 4.78 is 22.1. The molecular weight excluding hydrogens is 764 g/mol. The molecule has 2 saturated heterocycles. The number of rotatable bonds is 30. The Hall–Kier alpha value is -2.60. The lowest BCUT2D eigenvalue weighted by Gasteiger charge is -2.40. The fourth-order valence-electron chi connectivity index (χ4n) is 6.57. The van der Waals surface area contributed by atoms with E-state index in [-0.39, 0.29) is 43.3 Å². The average molecular weight is 837 g/mol. The summed E-state index contributed by atoms with van der Waals surface area (Å²) in [5, 5.41) is 70.0. The zero-order valence-corrected chi connectivity index (χ0v) is 34.0. The number of hydrogen-bond donors (Lipinski definition) is 12. The highest BCUT2D eigenvalue weighted by atomic mass is 16.7. The van der Waals surface area contributed by atoms with E-state index in [2.05, 4.69) is 21.3 Å². The van der Waals surface area contributed by atoms with E-state index in [1.54, 1.807) is 0 Å². The predicted octanol–water partition coefficient (Wildman–Crippen LogP) is -2.74. The highest BCUT2D eigenvalue weighted by Crippen LogP contribution is 2.22. The van der Waals surface area contributed by atoms with Crippen molar-refractivity contribution in [3.05, 3.63) is 0 Å². The summed E-state index contributed by atoms with van der Waals surface area (Å²) in [5.41, 5.74) is 11.8. The van der Waals surface area contributed by atoms with Gasteiger partial charge in [0.2, 0.25) is 23.6 Å². The Labute approximate surface area is 341 Å². The van der Waals surface area contributed by atoms with Gasteiger partial charge in [0, 0.05) is 52.1 Å². The summed E-state index contributed by atoms with van der Waals surface area (Å²) in [6, 6.07) is -2.71. The normalized spacial score (nSPS) is 27.7. The number of hydrogen-bond acceptors (Lipinski definition) is 16. The number of ether oxygens (including phenoxy) is 4. The molecule has 58 heavy (non-hydrogen) atoms. The Balaban J connectivity index is 1.68. The van der Waals surface area contributed by atoms with Crippen molar-refractivity contribution in [2.45, 2.75) is 171 Å². The Morgan fingerprint density at radius 2 is 1.03 bits per heavy atom. The van der Waals surface area contributed by atoms with Crippen molar-refractivity contribution in [1.82, 2.24) is 21.3 Å². The molecule has 11 atom stereocenters. The topological polar surface area (TPSA) is 327 Å². The average Bonchev–Trinajstić information content (AvgIpc) is 3.20. The van der Waals surface area contributed by atoms with E-state index in [1.807, 2.05) is 6.92 Å². The SMILES string of the molecule is CCNC(=O)CCCCCNC(=O)[C@H](CCCCNC(=O)CCCCCOC1OC(CO)C(O)C(O)C1N)NC(=O)CCCCCOC1OC(CO)C(O)C(O)C1N. The minimum Gasteiger partial charge on any atom is -0.394 e. The summed E-state index contributed by atoms with van der Waals surface area (Å²) in [5.74, 6) is -0.683. The summed E-state index contributed by atoms with van der Waals surface area (Å²) in [6.07, 6.45) is -0.943. The predicted molar refractivity (Wildman–Crippen MR) is 209 cm³/mol. The molecular formula is C38H72N6O14. The van der Waals surface area contributed by atoms with Crippen LogP contribution in [0.3, 0.4) is 0 Å². The number of carbonyl (C=O) groups is 4. The van der Waals surface area contributed by atoms with E-state index in [4.69, 9.17) is 30.4 Å². The van der Waals surface area contributed by atoms with Crippen molar-refractivity contribution >= 4 is 23.6 Å². The number of unbranched alkanes of at least 4 members (excludes halogenated alkanes) is 7. The monoisotopic (exact) mass is 837 g/mol. The maximum Gasteiger partial charge on any atom is 0.242 e. The van der Waals surface area contributed by atoms with E-state index in [1.165, 1.54) is 0 Å². The lowest BCUT2D eigenvalue weighted by molar-refractivity contribution is -0.265. The van der Waals surface area contributed by atoms with Gasteiger partial charge in [0.25, 0.3) is 0 Å². The largest absolute Gasteiger partial charge is 0.394 e. The van der Waals surface area contributed by atoms with Gasteiger partial charge in [-0.3, -0.25) is 19.2 Å². The zero-order valence-electron chi connectivity index (χ0n) is 34.0. The van der Waals surface area contributed by atoms with Crippen LogP contribution in [0.15, 0.2) is 0 Å². The first-order valence-corrected chi connectivity index (χ1v) is 20.9. The Morgan fingerprint density at radius 1 is 0.586 bits per heavy atom. The fraction of sp³-hybridized carbons (Fsp3) is 0.895. The number of aliphatic hydroxyl groups excluding tert-OH is 6. The molecule has 0 spiro atoms. The van der Waals surface area contributed by atoms with Gasteiger partial charge >= 0.3 is 0 Å².